The average Bonchev–Trinajstić information content (AvgIpc) is 3.14. The fraction of sp³-hybridized carbons (Fsp3) is 0.438. The minimum Gasteiger partial charge on any atom is -0.338 e. The Morgan fingerprint density at radius 1 is 1.04 bits per heavy atom. The van der Waals surface area contributed by atoms with Crippen molar-refractivity contribution in [3.8, 4) is 0 Å². The first-order chi connectivity index (χ1) is 11.7. The maximum atomic E-state index is 12.5. The number of carbonyl (C=O) groups is 2. The van der Waals surface area contributed by atoms with E-state index in [0.717, 1.165) is 6.42 Å². The zero-order valence-electron chi connectivity index (χ0n) is 13.6. The highest BCUT2D eigenvalue weighted by Crippen LogP contribution is 2.11. The van der Waals surface area contributed by atoms with Crippen LogP contribution in [0.5, 0.6) is 0 Å². The Hall–Kier alpha value is -2.77. The van der Waals surface area contributed by atoms with Gasteiger partial charge in [-0.2, -0.15) is 0 Å². The van der Waals surface area contributed by atoms with Crippen LogP contribution < -0.4 is 0 Å². The zero-order chi connectivity index (χ0) is 16.9. The molecule has 1 aromatic heterocycles. The Kier molecular flexibility index (Phi) is 4.83. The molecule has 2 heterocycles. The van der Waals surface area contributed by atoms with Crippen LogP contribution in [0.3, 0.4) is 0 Å². The molecule has 8 heteroatoms. The summed E-state index contributed by atoms with van der Waals surface area (Å²) in [7, 11) is 0. The third-order valence-electron chi connectivity index (χ3n) is 4.22. The molecular weight excluding hydrogens is 308 g/mol. The van der Waals surface area contributed by atoms with Crippen LogP contribution >= 0.6 is 0 Å². The summed E-state index contributed by atoms with van der Waals surface area (Å²) in [5, 5.41) is 10.7. The number of tetrazole rings is 1. The number of amides is 2. The van der Waals surface area contributed by atoms with Gasteiger partial charge in [-0.1, -0.05) is 19.1 Å². The van der Waals surface area contributed by atoms with E-state index >= 15 is 0 Å². The number of aromatic nitrogens is 4. The molecule has 1 aromatic carbocycles. The monoisotopic (exact) mass is 328 g/mol. The molecule has 8 nitrogen and oxygen atoms in total. The van der Waals surface area contributed by atoms with Crippen molar-refractivity contribution in [1.82, 2.24) is 30.0 Å². The number of hydrogen-bond donors (Lipinski definition) is 0. The molecule has 0 spiro atoms. The van der Waals surface area contributed by atoms with Crippen molar-refractivity contribution >= 4 is 11.8 Å². The maximum Gasteiger partial charge on any atom is 0.253 e. The van der Waals surface area contributed by atoms with Gasteiger partial charge in [0.1, 0.15) is 12.9 Å². The topological polar surface area (TPSA) is 84.2 Å². The second kappa shape index (κ2) is 7.20. The van der Waals surface area contributed by atoms with Crippen molar-refractivity contribution < 1.29 is 9.59 Å². The Morgan fingerprint density at radius 2 is 1.71 bits per heavy atom. The number of nitrogens with zero attached hydrogens (tertiary/aromatic N) is 6. The third-order valence-corrected chi connectivity index (χ3v) is 4.22. The molecular formula is C16H20N6O2. The number of carbonyl (C=O) groups excluding carboxylic acids is 2. The fourth-order valence-corrected chi connectivity index (χ4v) is 2.72. The molecule has 1 fully saturated rings. The number of hydrogen-bond acceptors (Lipinski definition) is 5. The Balaban J connectivity index is 1.54. The van der Waals surface area contributed by atoms with Crippen molar-refractivity contribution in [2.45, 2.75) is 19.9 Å². The first kappa shape index (κ1) is 16.1. The van der Waals surface area contributed by atoms with Gasteiger partial charge in [0.05, 0.1) is 0 Å². The SMILES string of the molecule is CCc1ccc(C(=O)N2CCN(C(=O)Cn3cnnn3)CC2)cc1. The number of piperazine rings is 1. The summed E-state index contributed by atoms with van der Waals surface area (Å²) in [5.41, 5.74) is 1.91. The lowest BCUT2D eigenvalue weighted by molar-refractivity contribution is -0.133. The van der Waals surface area contributed by atoms with Crippen LogP contribution in [0.1, 0.15) is 22.8 Å². The van der Waals surface area contributed by atoms with Crippen LogP contribution in [0.2, 0.25) is 0 Å². The van der Waals surface area contributed by atoms with Crippen LogP contribution in [0.4, 0.5) is 0 Å². The standard InChI is InChI=1S/C16H20N6O2/c1-2-13-3-5-14(6-4-13)16(24)21-9-7-20(8-10-21)15(23)11-22-12-17-18-19-22/h3-6,12H,2,7-11H2,1H3. The normalized spacial score (nSPS) is 14.7. The number of benzene rings is 1. The third kappa shape index (κ3) is 3.58. The van der Waals surface area contributed by atoms with Crippen LogP contribution in [0.25, 0.3) is 0 Å². The van der Waals surface area contributed by atoms with Gasteiger partial charge in [-0.05, 0) is 34.5 Å². The van der Waals surface area contributed by atoms with Crippen molar-refractivity contribution in [2.75, 3.05) is 26.2 Å². The second-order valence-corrected chi connectivity index (χ2v) is 5.73. The molecule has 126 valence electrons. The van der Waals surface area contributed by atoms with Gasteiger partial charge in [-0.3, -0.25) is 9.59 Å². The van der Waals surface area contributed by atoms with Crippen molar-refractivity contribution in [3.05, 3.63) is 41.7 Å². The summed E-state index contributed by atoms with van der Waals surface area (Å²) in [4.78, 5) is 28.2. The summed E-state index contributed by atoms with van der Waals surface area (Å²) in [6.45, 7) is 4.34. The van der Waals surface area contributed by atoms with Gasteiger partial charge in [-0.15, -0.1) is 5.10 Å². The van der Waals surface area contributed by atoms with Crippen LogP contribution in [0.15, 0.2) is 30.6 Å². The lowest BCUT2D eigenvalue weighted by Gasteiger charge is -2.34. The highest BCUT2D eigenvalue weighted by atomic mass is 16.2. The van der Waals surface area contributed by atoms with E-state index in [9.17, 15) is 9.59 Å². The molecule has 0 N–H and O–H groups in total. The summed E-state index contributed by atoms with van der Waals surface area (Å²) < 4.78 is 1.40. The number of rotatable bonds is 4. The summed E-state index contributed by atoms with van der Waals surface area (Å²) in [5.74, 6) is -0.0214. The Labute approximate surface area is 140 Å². The molecule has 1 aliphatic heterocycles. The minimum absolute atomic E-state index is 0.0187. The smallest absolute Gasteiger partial charge is 0.253 e. The van der Waals surface area contributed by atoms with Crippen molar-refractivity contribution in [3.63, 3.8) is 0 Å². The zero-order valence-corrected chi connectivity index (χ0v) is 13.6. The van der Waals surface area contributed by atoms with Crippen molar-refractivity contribution in [2.24, 2.45) is 0 Å². The predicted octanol–water partition coefficient (Wildman–Crippen LogP) is 0.220. The largest absolute Gasteiger partial charge is 0.338 e. The van der Waals surface area contributed by atoms with Gasteiger partial charge in [-0.25, -0.2) is 4.68 Å². The van der Waals surface area contributed by atoms with E-state index in [4.69, 9.17) is 0 Å². The molecule has 0 bridgehead atoms. The van der Waals surface area contributed by atoms with Gasteiger partial charge < -0.3 is 9.80 Å². The predicted molar refractivity (Wildman–Crippen MR) is 86.1 cm³/mol. The molecule has 0 radical (unpaired) electrons. The molecule has 3 rings (SSSR count). The summed E-state index contributed by atoms with van der Waals surface area (Å²) >= 11 is 0. The minimum atomic E-state index is -0.0401. The molecule has 2 amide bonds. The van der Waals surface area contributed by atoms with Crippen LogP contribution in [0, 0.1) is 0 Å². The van der Waals surface area contributed by atoms with E-state index in [0.29, 0.717) is 31.7 Å². The van der Waals surface area contributed by atoms with Gasteiger partial charge in [0.2, 0.25) is 5.91 Å². The van der Waals surface area contributed by atoms with Crippen molar-refractivity contribution in [1.29, 1.82) is 0 Å². The maximum absolute atomic E-state index is 12.5. The highest BCUT2D eigenvalue weighted by Gasteiger charge is 2.25. The lowest BCUT2D eigenvalue weighted by Crippen LogP contribution is -2.51. The molecule has 1 aliphatic rings. The molecule has 24 heavy (non-hydrogen) atoms. The fourth-order valence-electron chi connectivity index (χ4n) is 2.72. The van der Waals surface area contributed by atoms with Gasteiger partial charge in [0, 0.05) is 31.7 Å². The lowest BCUT2D eigenvalue weighted by atomic mass is 10.1. The van der Waals surface area contributed by atoms with E-state index in [1.165, 1.54) is 16.6 Å². The second-order valence-electron chi connectivity index (χ2n) is 5.73. The first-order valence-corrected chi connectivity index (χ1v) is 8.04. The van der Waals surface area contributed by atoms with Gasteiger partial charge in [0.25, 0.3) is 5.91 Å². The van der Waals surface area contributed by atoms with E-state index in [2.05, 4.69) is 22.4 Å². The molecule has 0 atom stereocenters. The molecule has 0 unspecified atom stereocenters. The first-order valence-electron chi connectivity index (χ1n) is 8.04. The molecule has 1 saturated heterocycles. The van der Waals surface area contributed by atoms with E-state index in [-0.39, 0.29) is 18.4 Å². The summed E-state index contributed by atoms with van der Waals surface area (Å²) in [6.07, 6.45) is 2.37. The Morgan fingerprint density at radius 3 is 2.29 bits per heavy atom. The van der Waals surface area contributed by atoms with E-state index < -0.39 is 0 Å². The number of aryl methyl sites for hydroxylation is 1. The van der Waals surface area contributed by atoms with Crippen LogP contribution in [-0.4, -0.2) is 68.0 Å². The Bertz CT molecular complexity index is 690. The van der Waals surface area contributed by atoms with E-state index in [1.807, 2.05) is 24.3 Å². The molecule has 2 aromatic rings. The highest BCUT2D eigenvalue weighted by molar-refractivity contribution is 5.94. The summed E-state index contributed by atoms with van der Waals surface area (Å²) in [6, 6.07) is 7.71. The average molecular weight is 328 g/mol. The van der Waals surface area contributed by atoms with E-state index in [1.54, 1.807) is 9.80 Å². The molecule has 0 aliphatic carbocycles. The van der Waals surface area contributed by atoms with Gasteiger partial charge in [0.15, 0.2) is 0 Å². The quantitative estimate of drug-likeness (QED) is 0.802. The molecule has 0 saturated carbocycles. The van der Waals surface area contributed by atoms with Crippen LogP contribution in [-0.2, 0) is 17.8 Å². The van der Waals surface area contributed by atoms with Gasteiger partial charge >= 0.3 is 0 Å².